The van der Waals surface area contributed by atoms with Gasteiger partial charge >= 0.3 is 0 Å². The van der Waals surface area contributed by atoms with Gasteiger partial charge in [-0.3, -0.25) is 14.2 Å². The number of amides is 1. The van der Waals surface area contributed by atoms with Crippen molar-refractivity contribution in [3.63, 3.8) is 0 Å². The van der Waals surface area contributed by atoms with Crippen molar-refractivity contribution >= 4 is 16.8 Å². The molecule has 4 rings (SSSR count). The minimum absolute atomic E-state index is 0.0551. The summed E-state index contributed by atoms with van der Waals surface area (Å²) in [6.07, 6.45) is 1.82. The van der Waals surface area contributed by atoms with Gasteiger partial charge in [0.05, 0.1) is 22.6 Å². The van der Waals surface area contributed by atoms with Gasteiger partial charge in [0.1, 0.15) is 5.82 Å². The molecule has 5 nitrogen and oxygen atoms in total. The molecule has 180 valence electrons. The van der Waals surface area contributed by atoms with Gasteiger partial charge in [0.15, 0.2) is 0 Å². The number of nitrogens with zero attached hydrogens (tertiary/aromatic N) is 3. The number of unbranched alkanes of at least 4 members (excludes halogenated alkanes) is 1. The number of carbonyl (C=O) groups excluding carboxylic acids is 1. The molecule has 0 aliphatic carbocycles. The molecule has 1 aromatic heterocycles. The summed E-state index contributed by atoms with van der Waals surface area (Å²) >= 11 is 0. The van der Waals surface area contributed by atoms with Crippen LogP contribution in [-0.4, -0.2) is 26.9 Å². The molecule has 1 heterocycles. The fourth-order valence-corrected chi connectivity index (χ4v) is 4.52. The molecule has 35 heavy (non-hydrogen) atoms. The lowest BCUT2D eigenvalue weighted by Gasteiger charge is -2.31. The first-order valence-corrected chi connectivity index (χ1v) is 12.3. The van der Waals surface area contributed by atoms with Crippen molar-refractivity contribution in [3.8, 4) is 5.69 Å². The smallest absolute Gasteiger partial charge is 0.266 e. The van der Waals surface area contributed by atoms with Gasteiger partial charge in [0, 0.05) is 12.1 Å². The number of aryl methyl sites for hydroxylation is 3. The van der Waals surface area contributed by atoms with E-state index in [4.69, 9.17) is 4.98 Å². The maximum atomic E-state index is 13.8. The first-order chi connectivity index (χ1) is 16.8. The predicted molar refractivity (Wildman–Crippen MR) is 142 cm³/mol. The second-order valence-corrected chi connectivity index (χ2v) is 9.31. The Kier molecular flexibility index (Phi) is 7.15. The van der Waals surface area contributed by atoms with Crippen molar-refractivity contribution in [3.05, 3.63) is 105 Å². The highest BCUT2D eigenvalue weighted by Crippen LogP contribution is 2.26. The molecule has 0 fully saturated rings. The van der Waals surface area contributed by atoms with Gasteiger partial charge in [0.25, 0.3) is 11.5 Å². The quantitative estimate of drug-likeness (QED) is 0.320. The largest absolute Gasteiger partial charge is 0.329 e. The van der Waals surface area contributed by atoms with Crippen LogP contribution in [0, 0.1) is 20.8 Å². The molecule has 0 saturated heterocycles. The molecule has 5 heteroatoms. The van der Waals surface area contributed by atoms with Crippen LogP contribution in [0.15, 0.2) is 71.5 Å². The van der Waals surface area contributed by atoms with Crippen molar-refractivity contribution in [1.29, 1.82) is 0 Å². The van der Waals surface area contributed by atoms with E-state index in [2.05, 4.69) is 13.0 Å². The topological polar surface area (TPSA) is 55.2 Å². The van der Waals surface area contributed by atoms with Gasteiger partial charge in [-0.25, -0.2) is 4.98 Å². The van der Waals surface area contributed by atoms with Crippen molar-refractivity contribution < 1.29 is 4.79 Å². The molecular formula is C30H33N3O2. The van der Waals surface area contributed by atoms with Gasteiger partial charge in [0.2, 0.25) is 0 Å². The highest BCUT2D eigenvalue weighted by Gasteiger charge is 2.27. The van der Waals surface area contributed by atoms with E-state index in [0.717, 1.165) is 35.2 Å². The fourth-order valence-electron chi connectivity index (χ4n) is 4.52. The van der Waals surface area contributed by atoms with Crippen molar-refractivity contribution in [1.82, 2.24) is 14.5 Å². The van der Waals surface area contributed by atoms with Crippen molar-refractivity contribution in [2.45, 2.75) is 53.5 Å². The van der Waals surface area contributed by atoms with Gasteiger partial charge in [-0.2, -0.15) is 0 Å². The van der Waals surface area contributed by atoms with Crippen LogP contribution in [0.4, 0.5) is 0 Å². The standard InChI is InChI=1S/C30H33N3O2/c1-6-7-18-32(29(34)24-15-12-20(2)13-16-24)23(5)28-31-26-11-9-8-10-25(26)30(35)33(28)27-17-14-21(3)19-22(27)4/h8-17,19,23H,6-7,18H2,1-5H3. The molecule has 0 bridgehead atoms. The van der Waals surface area contributed by atoms with Crippen LogP contribution in [0.25, 0.3) is 16.6 Å². The normalized spacial score (nSPS) is 12.0. The second kappa shape index (κ2) is 10.3. The van der Waals surface area contributed by atoms with Gasteiger partial charge in [-0.1, -0.05) is 60.9 Å². The van der Waals surface area contributed by atoms with E-state index in [9.17, 15) is 9.59 Å². The Balaban J connectivity index is 1.92. The Morgan fingerprint density at radius 3 is 2.34 bits per heavy atom. The van der Waals surface area contributed by atoms with E-state index in [1.54, 1.807) is 4.57 Å². The summed E-state index contributed by atoms with van der Waals surface area (Å²) in [7, 11) is 0. The fraction of sp³-hybridized carbons (Fsp3) is 0.300. The molecule has 1 amide bonds. The molecule has 0 saturated carbocycles. The van der Waals surface area contributed by atoms with E-state index in [0.29, 0.717) is 28.8 Å². The third-order valence-electron chi connectivity index (χ3n) is 6.55. The Morgan fingerprint density at radius 2 is 1.66 bits per heavy atom. The molecular weight excluding hydrogens is 434 g/mol. The summed E-state index contributed by atoms with van der Waals surface area (Å²) in [6, 6.07) is 20.7. The number of hydrogen-bond donors (Lipinski definition) is 0. The molecule has 1 unspecified atom stereocenters. The van der Waals surface area contributed by atoms with Crippen molar-refractivity contribution in [2.75, 3.05) is 6.54 Å². The van der Waals surface area contributed by atoms with Gasteiger partial charge < -0.3 is 4.90 Å². The van der Waals surface area contributed by atoms with Gasteiger partial charge in [-0.15, -0.1) is 0 Å². The lowest BCUT2D eigenvalue weighted by Crippen LogP contribution is -2.38. The van der Waals surface area contributed by atoms with Crippen LogP contribution in [0.1, 0.15) is 65.6 Å². The average Bonchev–Trinajstić information content (AvgIpc) is 2.85. The summed E-state index contributed by atoms with van der Waals surface area (Å²) in [6.45, 7) is 10.7. The summed E-state index contributed by atoms with van der Waals surface area (Å²) in [5.41, 5.74) is 5.17. The molecule has 0 radical (unpaired) electrons. The summed E-state index contributed by atoms with van der Waals surface area (Å²) in [5.74, 6) is 0.512. The summed E-state index contributed by atoms with van der Waals surface area (Å²) < 4.78 is 1.70. The van der Waals surface area contributed by atoms with E-state index < -0.39 is 6.04 Å². The zero-order valence-electron chi connectivity index (χ0n) is 21.2. The number of fused-ring (bicyclic) bond motifs is 1. The Hall–Kier alpha value is -3.73. The summed E-state index contributed by atoms with van der Waals surface area (Å²) in [4.78, 5) is 34.3. The number of aromatic nitrogens is 2. The highest BCUT2D eigenvalue weighted by molar-refractivity contribution is 5.94. The number of benzene rings is 3. The SMILES string of the molecule is CCCCN(C(=O)c1ccc(C)cc1)C(C)c1nc2ccccc2c(=O)n1-c1ccc(C)cc1C. The number of hydrogen-bond acceptors (Lipinski definition) is 3. The van der Waals surface area contributed by atoms with E-state index in [1.165, 1.54) is 0 Å². The zero-order valence-corrected chi connectivity index (χ0v) is 21.2. The number of para-hydroxylation sites is 1. The molecule has 4 aromatic rings. The van der Waals surface area contributed by atoms with Crippen LogP contribution in [0.5, 0.6) is 0 Å². The summed E-state index contributed by atoms with van der Waals surface area (Å²) in [5, 5.41) is 0.563. The highest BCUT2D eigenvalue weighted by atomic mass is 16.2. The van der Waals surface area contributed by atoms with Gasteiger partial charge in [-0.05, 0) is 70.0 Å². The van der Waals surface area contributed by atoms with Crippen LogP contribution in [0.3, 0.4) is 0 Å². The minimum Gasteiger partial charge on any atom is -0.329 e. The van der Waals surface area contributed by atoms with Crippen LogP contribution < -0.4 is 5.56 Å². The predicted octanol–water partition coefficient (Wildman–Crippen LogP) is 6.31. The second-order valence-electron chi connectivity index (χ2n) is 9.31. The maximum absolute atomic E-state index is 13.8. The molecule has 3 aromatic carbocycles. The lowest BCUT2D eigenvalue weighted by molar-refractivity contribution is 0.0678. The van der Waals surface area contributed by atoms with Crippen molar-refractivity contribution in [2.24, 2.45) is 0 Å². The molecule has 0 spiro atoms. The van der Waals surface area contributed by atoms with E-state index in [1.807, 2.05) is 93.3 Å². The number of rotatable bonds is 7. The lowest BCUT2D eigenvalue weighted by atomic mass is 10.1. The first kappa shape index (κ1) is 24.4. The molecule has 0 N–H and O–H groups in total. The first-order valence-electron chi connectivity index (χ1n) is 12.3. The minimum atomic E-state index is -0.409. The Morgan fingerprint density at radius 1 is 0.971 bits per heavy atom. The van der Waals surface area contributed by atoms with E-state index >= 15 is 0 Å². The Bertz CT molecular complexity index is 1420. The Labute approximate surface area is 207 Å². The average molecular weight is 468 g/mol. The maximum Gasteiger partial charge on any atom is 0.266 e. The van der Waals surface area contributed by atoms with E-state index in [-0.39, 0.29) is 11.5 Å². The third-order valence-corrected chi connectivity index (χ3v) is 6.55. The number of carbonyl (C=O) groups is 1. The van der Waals surface area contributed by atoms with Crippen LogP contribution >= 0.6 is 0 Å². The molecule has 0 aliphatic heterocycles. The monoisotopic (exact) mass is 467 g/mol. The molecule has 1 atom stereocenters. The third kappa shape index (κ3) is 4.90. The van der Waals surface area contributed by atoms with Crippen LogP contribution in [0.2, 0.25) is 0 Å². The zero-order chi connectivity index (χ0) is 25.1. The molecule has 0 aliphatic rings. The van der Waals surface area contributed by atoms with Crippen LogP contribution in [-0.2, 0) is 0 Å².